The number of aliphatic carboxylic acids is 1. The van der Waals surface area contributed by atoms with E-state index in [0.29, 0.717) is 4.88 Å². The van der Waals surface area contributed by atoms with Crippen molar-refractivity contribution in [3.63, 3.8) is 0 Å². The van der Waals surface area contributed by atoms with E-state index in [4.69, 9.17) is 5.11 Å². The van der Waals surface area contributed by atoms with Crippen molar-refractivity contribution in [1.29, 1.82) is 0 Å². The number of carbonyl (C=O) groups is 3. The van der Waals surface area contributed by atoms with Gasteiger partial charge >= 0.3 is 5.97 Å². The lowest BCUT2D eigenvalue weighted by Gasteiger charge is -2.08. The smallest absolute Gasteiger partial charge is 0.326 e. The summed E-state index contributed by atoms with van der Waals surface area (Å²) in [5.74, 6) is -1.53. The summed E-state index contributed by atoms with van der Waals surface area (Å²) in [4.78, 5) is 32.9. The second-order valence-electron chi connectivity index (χ2n) is 2.91. The van der Waals surface area contributed by atoms with Crippen molar-refractivity contribution in [1.82, 2.24) is 5.32 Å². The summed E-state index contributed by atoms with van der Waals surface area (Å²) in [5.41, 5.74) is 0. The number of rotatable bonds is 6. The van der Waals surface area contributed by atoms with Crippen LogP contribution in [0.15, 0.2) is 15.9 Å². The number of thiophene rings is 1. The number of carbonyl (C=O) groups excluding carboxylic acids is 2. The van der Waals surface area contributed by atoms with Gasteiger partial charge in [0.2, 0.25) is 6.41 Å². The zero-order valence-electron chi connectivity index (χ0n) is 7.97. The fourth-order valence-corrected chi connectivity index (χ4v) is 2.38. The molecule has 86 valence electrons. The van der Waals surface area contributed by atoms with Crippen molar-refractivity contribution in [3.05, 3.63) is 20.8 Å². The van der Waals surface area contributed by atoms with Crippen LogP contribution in [0.2, 0.25) is 0 Å². The van der Waals surface area contributed by atoms with Gasteiger partial charge < -0.3 is 10.4 Å². The molecule has 1 atom stereocenters. The first-order valence-corrected chi connectivity index (χ1v) is 5.86. The molecule has 16 heavy (non-hydrogen) atoms. The number of carboxylic acids is 1. The summed E-state index contributed by atoms with van der Waals surface area (Å²) >= 11 is 4.43. The van der Waals surface area contributed by atoms with Gasteiger partial charge in [0.15, 0.2) is 5.78 Å². The number of carboxylic acid groups (broad SMARTS) is 1. The third-order valence-electron chi connectivity index (χ3n) is 1.80. The lowest BCUT2D eigenvalue weighted by Crippen LogP contribution is -2.37. The van der Waals surface area contributed by atoms with Crippen molar-refractivity contribution in [3.8, 4) is 0 Å². The van der Waals surface area contributed by atoms with Gasteiger partial charge in [0.1, 0.15) is 6.04 Å². The van der Waals surface area contributed by atoms with Crippen LogP contribution >= 0.6 is 27.3 Å². The predicted molar refractivity (Wildman–Crippen MR) is 61.6 cm³/mol. The molecule has 0 radical (unpaired) electrons. The van der Waals surface area contributed by atoms with Gasteiger partial charge in [-0.1, -0.05) is 0 Å². The SMILES string of the molecule is O=CNC(CC(=O)c1ccc(Br)s1)C(=O)O. The molecule has 5 nitrogen and oxygen atoms in total. The molecule has 1 heterocycles. The van der Waals surface area contributed by atoms with Crippen LogP contribution in [0.4, 0.5) is 0 Å². The summed E-state index contributed by atoms with van der Waals surface area (Å²) < 4.78 is 0.797. The minimum atomic E-state index is -1.23. The molecular weight excluding hydrogens is 298 g/mol. The molecule has 0 bridgehead atoms. The molecule has 1 aromatic rings. The van der Waals surface area contributed by atoms with E-state index in [1.54, 1.807) is 12.1 Å². The fraction of sp³-hybridized carbons (Fsp3) is 0.222. The lowest BCUT2D eigenvalue weighted by molar-refractivity contribution is -0.140. The van der Waals surface area contributed by atoms with Gasteiger partial charge in [0, 0.05) is 6.42 Å². The monoisotopic (exact) mass is 305 g/mol. The topological polar surface area (TPSA) is 83.5 Å². The molecule has 2 N–H and O–H groups in total. The standard InChI is InChI=1S/C9H8BrNO4S/c10-8-2-1-7(16-8)6(13)3-5(9(14)15)11-4-12/h1-2,4-5H,3H2,(H,11,12)(H,14,15). The van der Waals surface area contributed by atoms with Crippen molar-refractivity contribution in [2.24, 2.45) is 0 Å². The van der Waals surface area contributed by atoms with E-state index < -0.39 is 12.0 Å². The van der Waals surface area contributed by atoms with Gasteiger partial charge in [0.25, 0.3) is 0 Å². The maximum atomic E-state index is 11.6. The highest BCUT2D eigenvalue weighted by Crippen LogP contribution is 2.23. The molecule has 0 fully saturated rings. The summed E-state index contributed by atoms with van der Waals surface area (Å²) in [7, 11) is 0. The van der Waals surface area contributed by atoms with E-state index in [9.17, 15) is 14.4 Å². The van der Waals surface area contributed by atoms with E-state index >= 15 is 0 Å². The second-order valence-corrected chi connectivity index (χ2v) is 5.37. The number of hydrogen-bond acceptors (Lipinski definition) is 4. The maximum Gasteiger partial charge on any atom is 0.326 e. The molecule has 7 heteroatoms. The van der Waals surface area contributed by atoms with Gasteiger partial charge in [-0.15, -0.1) is 11.3 Å². The minimum absolute atomic E-state index is 0.249. The largest absolute Gasteiger partial charge is 0.480 e. The quantitative estimate of drug-likeness (QED) is 0.612. The van der Waals surface area contributed by atoms with Crippen LogP contribution in [0.5, 0.6) is 0 Å². The molecule has 1 unspecified atom stereocenters. The molecule has 0 saturated heterocycles. The molecule has 0 saturated carbocycles. The van der Waals surface area contributed by atoms with Crippen LogP contribution in [-0.4, -0.2) is 29.3 Å². The zero-order valence-corrected chi connectivity index (χ0v) is 10.4. The van der Waals surface area contributed by atoms with Gasteiger partial charge in [0.05, 0.1) is 8.66 Å². The van der Waals surface area contributed by atoms with Gasteiger partial charge in [-0.05, 0) is 28.1 Å². The van der Waals surface area contributed by atoms with Crippen molar-refractivity contribution < 1.29 is 19.5 Å². The minimum Gasteiger partial charge on any atom is -0.480 e. The van der Waals surface area contributed by atoms with E-state index in [0.717, 1.165) is 3.79 Å². The first-order chi connectivity index (χ1) is 7.54. The Bertz CT molecular complexity index is 417. The summed E-state index contributed by atoms with van der Waals surface area (Å²) in [6.45, 7) is 0. The summed E-state index contributed by atoms with van der Waals surface area (Å²) in [5, 5.41) is 10.8. The van der Waals surface area contributed by atoms with Crippen LogP contribution in [-0.2, 0) is 9.59 Å². The molecule has 1 amide bonds. The summed E-state index contributed by atoms with van der Waals surface area (Å²) in [6.07, 6.45) is 0.0252. The number of halogens is 1. The predicted octanol–water partition coefficient (Wildman–Crippen LogP) is 1.28. The Morgan fingerprint density at radius 1 is 1.56 bits per heavy atom. The van der Waals surface area contributed by atoms with Crippen LogP contribution < -0.4 is 5.32 Å². The number of hydrogen-bond donors (Lipinski definition) is 2. The Labute approximate surface area is 104 Å². The normalized spacial score (nSPS) is 11.8. The molecule has 0 spiro atoms. The molecule has 1 aromatic heterocycles. The highest BCUT2D eigenvalue weighted by Gasteiger charge is 2.21. The number of ketones is 1. The third kappa shape index (κ3) is 3.42. The van der Waals surface area contributed by atoms with E-state index in [2.05, 4.69) is 21.2 Å². The van der Waals surface area contributed by atoms with Crippen LogP contribution in [0.25, 0.3) is 0 Å². The van der Waals surface area contributed by atoms with Crippen molar-refractivity contribution >= 4 is 45.4 Å². The van der Waals surface area contributed by atoms with Crippen LogP contribution in [0.1, 0.15) is 16.1 Å². The summed E-state index contributed by atoms with van der Waals surface area (Å²) in [6, 6.07) is 2.14. The number of Topliss-reactive ketones (excluding diaryl/α,β-unsaturated/α-hetero) is 1. The van der Waals surface area contributed by atoms with Gasteiger partial charge in [-0.2, -0.15) is 0 Å². The molecular formula is C9H8BrNO4S. The Kier molecular flexibility index (Phi) is 4.63. The molecule has 0 aliphatic carbocycles. The van der Waals surface area contributed by atoms with Crippen molar-refractivity contribution in [2.45, 2.75) is 12.5 Å². The van der Waals surface area contributed by atoms with Gasteiger partial charge in [-0.25, -0.2) is 4.79 Å². The van der Waals surface area contributed by atoms with Crippen molar-refractivity contribution in [2.75, 3.05) is 0 Å². The average molecular weight is 306 g/mol. The highest BCUT2D eigenvalue weighted by molar-refractivity contribution is 9.11. The van der Waals surface area contributed by atoms with Gasteiger partial charge in [-0.3, -0.25) is 9.59 Å². The Hall–Kier alpha value is -1.21. The van der Waals surface area contributed by atoms with E-state index in [1.165, 1.54) is 11.3 Å². The first-order valence-electron chi connectivity index (χ1n) is 4.25. The first kappa shape index (κ1) is 12.9. The Morgan fingerprint density at radius 2 is 2.25 bits per heavy atom. The lowest BCUT2D eigenvalue weighted by atomic mass is 10.1. The molecule has 0 aliphatic heterocycles. The fourth-order valence-electron chi connectivity index (χ4n) is 1.05. The Balaban J connectivity index is 2.68. The maximum absolute atomic E-state index is 11.6. The van der Waals surface area contributed by atoms with Crippen LogP contribution in [0.3, 0.4) is 0 Å². The highest BCUT2D eigenvalue weighted by atomic mass is 79.9. The molecule has 0 aromatic carbocycles. The zero-order chi connectivity index (χ0) is 12.1. The van der Waals surface area contributed by atoms with Crippen LogP contribution in [0, 0.1) is 0 Å². The molecule has 1 rings (SSSR count). The van der Waals surface area contributed by atoms with E-state index in [1.807, 2.05) is 0 Å². The molecule has 0 aliphatic rings. The Morgan fingerprint density at radius 3 is 2.69 bits per heavy atom. The van der Waals surface area contributed by atoms with E-state index in [-0.39, 0.29) is 18.6 Å². The average Bonchev–Trinajstić information content (AvgIpc) is 2.64. The third-order valence-corrected chi connectivity index (χ3v) is 3.47. The number of amides is 1. The number of nitrogens with one attached hydrogen (secondary N) is 1. The second kappa shape index (κ2) is 5.76.